The van der Waals surface area contributed by atoms with Crippen LogP contribution in [0.3, 0.4) is 0 Å². The van der Waals surface area contributed by atoms with E-state index in [0.717, 1.165) is 6.07 Å². The second kappa shape index (κ2) is 11.7. The Bertz CT molecular complexity index is 818. The molecule has 1 aromatic heterocycles. The topological polar surface area (TPSA) is 88.8 Å². The Kier molecular flexibility index (Phi) is 9.67. The summed E-state index contributed by atoms with van der Waals surface area (Å²) in [6, 6.07) is 8.66. The molecule has 2 aromatic rings. The highest BCUT2D eigenvalue weighted by atomic mass is 16.5. The lowest BCUT2D eigenvalue weighted by molar-refractivity contribution is 0.0526. The van der Waals surface area contributed by atoms with E-state index in [9.17, 15) is 14.4 Å². The molecule has 2 rings (SSSR count). The van der Waals surface area contributed by atoms with E-state index in [0.29, 0.717) is 11.3 Å². The first-order chi connectivity index (χ1) is 13.4. The summed E-state index contributed by atoms with van der Waals surface area (Å²) in [5.41, 5.74) is 0.388. The number of aromatic carboxylic acids is 1. The lowest BCUT2D eigenvalue weighted by Crippen LogP contribution is -2.21. The van der Waals surface area contributed by atoms with Crippen LogP contribution < -0.4 is 5.56 Å². The predicted octanol–water partition coefficient (Wildman–Crippen LogP) is 3.06. The van der Waals surface area contributed by atoms with Gasteiger partial charge in [0.1, 0.15) is 0 Å². The molecule has 0 spiro atoms. The van der Waals surface area contributed by atoms with Crippen LogP contribution in [0.4, 0.5) is 0 Å². The molecule has 1 N–H and O–H groups in total. The Morgan fingerprint density at radius 1 is 0.964 bits per heavy atom. The number of benzene rings is 1. The summed E-state index contributed by atoms with van der Waals surface area (Å²) >= 11 is 0. The average molecular weight is 388 g/mol. The van der Waals surface area contributed by atoms with Crippen molar-refractivity contribution >= 4 is 11.9 Å². The molecular formula is C21H28N2O5. The van der Waals surface area contributed by atoms with Gasteiger partial charge in [-0.25, -0.2) is 9.59 Å². The van der Waals surface area contributed by atoms with Crippen molar-refractivity contribution in [1.29, 1.82) is 0 Å². The van der Waals surface area contributed by atoms with Gasteiger partial charge >= 0.3 is 11.9 Å². The van der Waals surface area contributed by atoms with E-state index in [2.05, 4.69) is 25.7 Å². The van der Waals surface area contributed by atoms with Crippen LogP contribution in [0.2, 0.25) is 0 Å². The van der Waals surface area contributed by atoms with Gasteiger partial charge in [-0.2, -0.15) is 0 Å². The Labute approximate surface area is 165 Å². The summed E-state index contributed by atoms with van der Waals surface area (Å²) in [4.78, 5) is 36.6. The third-order valence-electron chi connectivity index (χ3n) is 4.16. The zero-order chi connectivity index (χ0) is 21.1. The molecule has 0 radical (unpaired) electrons. The molecule has 0 aliphatic carbocycles. The van der Waals surface area contributed by atoms with Crippen LogP contribution in [-0.2, 0) is 4.74 Å². The quantitative estimate of drug-likeness (QED) is 0.734. The Hall–Kier alpha value is -2.93. The fourth-order valence-corrected chi connectivity index (χ4v) is 2.47. The molecule has 28 heavy (non-hydrogen) atoms. The smallest absolute Gasteiger partial charge is 0.338 e. The molecule has 1 aromatic carbocycles. The second-order valence-corrected chi connectivity index (χ2v) is 5.82. The predicted molar refractivity (Wildman–Crippen MR) is 108 cm³/mol. The number of hydrogen-bond acceptors (Lipinski definition) is 5. The van der Waals surface area contributed by atoms with Gasteiger partial charge in [0.25, 0.3) is 5.56 Å². The van der Waals surface area contributed by atoms with Crippen molar-refractivity contribution in [3.8, 4) is 5.69 Å². The number of nitrogens with zero attached hydrogens (tertiary/aromatic N) is 2. The number of ether oxygens (including phenoxy) is 1. The number of pyridine rings is 1. The van der Waals surface area contributed by atoms with Gasteiger partial charge in [-0.1, -0.05) is 20.8 Å². The molecule has 0 saturated carbocycles. The van der Waals surface area contributed by atoms with E-state index in [1.807, 2.05) is 0 Å². The van der Waals surface area contributed by atoms with Crippen LogP contribution >= 0.6 is 0 Å². The van der Waals surface area contributed by atoms with Gasteiger partial charge in [0.05, 0.1) is 17.7 Å². The van der Waals surface area contributed by atoms with E-state index >= 15 is 0 Å². The van der Waals surface area contributed by atoms with Gasteiger partial charge in [0, 0.05) is 18.0 Å². The number of carboxylic acid groups (broad SMARTS) is 1. The highest BCUT2D eigenvalue weighted by Crippen LogP contribution is 2.09. The van der Waals surface area contributed by atoms with Gasteiger partial charge in [0.15, 0.2) is 0 Å². The first-order valence-corrected chi connectivity index (χ1v) is 9.33. The maximum absolute atomic E-state index is 11.9. The van der Waals surface area contributed by atoms with Crippen molar-refractivity contribution in [2.75, 3.05) is 26.2 Å². The first-order valence-electron chi connectivity index (χ1n) is 9.33. The zero-order valence-corrected chi connectivity index (χ0v) is 16.8. The Balaban J connectivity index is 0.000000480. The summed E-state index contributed by atoms with van der Waals surface area (Å²) in [5, 5.41) is 8.82. The largest absolute Gasteiger partial charge is 0.478 e. The van der Waals surface area contributed by atoms with Crippen molar-refractivity contribution < 1.29 is 19.4 Å². The van der Waals surface area contributed by atoms with Gasteiger partial charge in [-0.3, -0.25) is 9.36 Å². The van der Waals surface area contributed by atoms with Crippen molar-refractivity contribution in [1.82, 2.24) is 9.47 Å². The van der Waals surface area contributed by atoms with Crippen molar-refractivity contribution in [2.45, 2.75) is 27.7 Å². The molecule has 0 aliphatic heterocycles. The molecule has 7 nitrogen and oxygen atoms in total. The molecule has 0 atom stereocenters. The van der Waals surface area contributed by atoms with Crippen molar-refractivity contribution in [3.05, 3.63) is 64.1 Å². The number of carbonyl (C=O) groups is 2. The number of hydrogen-bond donors (Lipinski definition) is 1. The molecular weight excluding hydrogens is 360 g/mol. The SMILES string of the molecule is CCN(CC)CC.CCOC(=O)c1ccc(-n2ccc(C(=O)O)cc2=O)cc1. The van der Waals surface area contributed by atoms with Crippen molar-refractivity contribution in [3.63, 3.8) is 0 Å². The first kappa shape index (κ1) is 23.1. The van der Waals surface area contributed by atoms with Crippen LogP contribution in [0, 0.1) is 0 Å². The highest BCUT2D eigenvalue weighted by molar-refractivity contribution is 5.89. The summed E-state index contributed by atoms with van der Waals surface area (Å²) in [6.07, 6.45) is 1.38. The summed E-state index contributed by atoms with van der Waals surface area (Å²) in [5.74, 6) is -1.59. The van der Waals surface area contributed by atoms with E-state index < -0.39 is 17.5 Å². The molecule has 0 unspecified atom stereocenters. The second-order valence-electron chi connectivity index (χ2n) is 5.82. The van der Waals surface area contributed by atoms with Crippen LogP contribution in [0.25, 0.3) is 5.69 Å². The van der Waals surface area contributed by atoms with E-state index in [4.69, 9.17) is 9.84 Å². The van der Waals surface area contributed by atoms with Crippen LogP contribution in [0.5, 0.6) is 0 Å². The highest BCUT2D eigenvalue weighted by Gasteiger charge is 2.08. The van der Waals surface area contributed by atoms with Gasteiger partial charge in [-0.15, -0.1) is 0 Å². The summed E-state index contributed by atoms with van der Waals surface area (Å²) < 4.78 is 6.16. The molecule has 0 aliphatic rings. The minimum Gasteiger partial charge on any atom is -0.478 e. The maximum atomic E-state index is 11.9. The maximum Gasteiger partial charge on any atom is 0.338 e. The van der Waals surface area contributed by atoms with Gasteiger partial charge < -0.3 is 14.7 Å². The number of carbonyl (C=O) groups excluding carboxylic acids is 1. The van der Waals surface area contributed by atoms with Crippen LogP contribution in [-0.4, -0.2) is 52.8 Å². The average Bonchev–Trinajstić information content (AvgIpc) is 2.70. The molecule has 0 amide bonds. The Morgan fingerprint density at radius 2 is 1.54 bits per heavy atom. The van der Waals surface area contributed by atoms with Crippen LogP contribution in [0.15, 0.2) is 47.4 Å². The van der Waals surface area contributed by atoms with Gasteiger partial charge in [0.2, 0.25) is 0 Å². The van der Waals surface area contributed by atoms with E-state index in [1.54, 1.807) is 31.2 Å². The Morgan fingerprint density at radius 3 is 1.93 bits per heavy atom. The molecule has 0 saturated heterocycles. The molecule has 1 heterocycles. The minimum atomic E-state index is -1.16. The third-order valence-corrected chi connectivity index (χ3v) is 4.16. The number of aromatic nitrogens is 1. The zero-order valence-electron chi connectivity index (χ0n) is 16.8. The standard InChI is InChI=1S/C15H13NO5.C6H15N/c1-2-21-15(20)10-3-5-12(6-4-10)16-8-7-11(14(18)19)9-13(16)17;1-4-7(5-2)6-3/h3-9H,2H2,1H3,(H,18,19);4-6H2,1-3H3. The number of esters is 1. The minimum absolute atomic E-state index is 0.0700. The lowest BCUT2D eigenvalue weighted by atomic mass is 10.2. The van der Waals surface area contributed by atoms with Gasteiger partial charge in [-0.05, 0) is 56.9 Å². The number of rotatable bonds is 7. The number of carboxylic acids is 1. The van der Waals surface area contributed by atoms with Crippen molar-refractivity contribution in [2.24, 2.45) is 0 Å². The van der Waals surface area contributed by atoms with E-state index in [-0.39, 0.29) is 12.2 Å². The third kappa shape index (κ3) is 6.66. The fraction of sp³-hybridized carbons (Fsp3) is 0.381. The van der Waals surface area contributed by atoms with Crippen LogP contribution in [0.1, 0.15) is 48.4 Å². The normalized spacial score (nSPS) is 10.2. The summed E-state index contributed by atoms with van der Waals surface area (Å²) in [6.45, 7) is 12.1. The molecule has 0 fully saturated rings. The fourth-order valence-electron chi connectivity index (χ4n) is 2.47. The lowest BCUT2D eigenvalue weighted by Gasteiger charge is -2.13. The monoisotopic (exact) mass is 388 g/mol. The summed E-state index contributed by atoms with van der Waals surface area (Å²) in [7, 11) is 0. The molecule has 0 bridgehead atoms. The molecule has 152 valence electrons. The molecule has 7 heteroatoms. The van der Waals surface area contributed by atoms with E-state index in [1.165, 1.54) is 36.5 Å².